The van der Waals surface area contributed by atoms with Gasteiger partial charge in [0, 0.05) is 19.0 Å². The van der Waals surface area contributed by atoms with Crippen molar-refractivity contribution in [2.45, 2.75) is 69.5 Å². The summed E-state index contributed by atoms with van der Waals surface area (Å²) in [6.07, 6.45) is 0.858. The first-order valence-electron chi connectivity index (χ1n) is 9.98. The topological polar surface area (TPSA) is 174 Å². The van der Waals surface area contributed by atoms with Gasteiger partial charge in [-0.2, -0.15) is 4.98 Å². The Morgan fingerprint density at radius 2 is 1.80 bits per heavy atom. The number of aliphatic hydroxyl groups excluding tert-OH is 3. The molecule has 11 heteroatoms. The van der Waals surface area contributed by atoms with Crippen LogP contribution in [0.1, 0.15) is 51.2 Å². The van der Waals surface area contributed by atoms with Gasteiger partial charge < -0.3 is 30.5 Å². The van der Waals surface area contributed by atoms with Gasteiger partial charge in [-0.05, 0) is 18.9 Å². The Bertz CT molecular complexity index is 768. The van der Waals surface area contributed by atoms with Crippen LogP contribution in [0.25, 0.3) is 0 Å². The second-order valence-corrected chi connectivity index (χ2v) is 7.24. The van der Waals surface area contributed by atoms with Crippen LogP contribution in [0.2, 0.25) is 0 Å². The monoisotopic (exact) mass is 427 g/mol. The summed E-state index contributed by atoms with van der Waals surface area (Å²) in [6.45, 7) is -0.676. The third-order valence-corrected chi connectivity index (χ3v) is 4.88. The lowest BCUT2D eigenvalue weighted by Crippen LogP contribution is -2.36. The average Bonchev–Trinajstić information content (AvgIpc) is 2.99. The quantitative estimate of drug-likeness (QED) is 0.246. The average molecular weight is 427 g/mol. The van der Waals surface area contributed by atoms with Crippen molar-refractivity contribution in [3.8, 4) is 0 Å². The molecule has 2 rings (SSSR count). The van der Waals surface area contributed by atoms with E-state index in [0.717, 1.165) is 30.3 Å². The molecule has 0 unspecified atom stereocenters. The fourth-order valence-corrected chi connectivity index (χ4v) is 3.16. The molecule has 0 radical (unpaired) electrons. The first kappa shape index (κ1) is 23.9. The maximum atomic E-state index is 11.9. The molecule has 0 saturated carbocycles. The van der Waals surface area contributed by atoms with Crippen LogP contribution in [0, 0.1) is 0 Å². The van der Waals surface area contributed by atoms with Gasteiger partial charge in [-0.3, -0.25) is 14.2 Å². The number of nitrogens with zero attached hydrogens (tertiary/aromatic N) is 2. The van der Waals surface area contributed by atoms with Crippen LogP contribution in [0.3, 0.4) is 0 Å². The molecule has 0 amide bonds. The maximum Gasteiger partial charge on any atom is 0.351 e. The lowest BCUT2D eigenvalue weighted by Gasteiger charge is -2.16. The Labute approximate surface area is 173 Å². The van der Waals surface area contributed by atoms with Crippen molar-refractivity contribution in [3.05, 3.63) is 22.7 Å². The molecule has 0 aliphatic carbocycles. The summed E-state index contributed by atoms with van der Waals surface area (Å²) in [7, 11) is 0. The number of hydrogen-bond donors (Lipinski definition) is 4. The van der Waals surface area contributed by atoms with E-state index < -0.39 is 42.8 Å². The highest BCUT2D eigenvalue weighted by Gasteiger charge is 2.44. The van der Waals surface area contributed by atoms with E-state index in [2.05, 4.69) is 4.98 Å². The number of Topliss-reactive ketones (excluding diaryl/α,β-unsaturated/α-hetero) is 1. The van der Waals surface area contributed by atoms with Crippen LogP contribution in [0.4, 0.5) is 5.82 Å². The summed E-state index contributed by atoms with van der Waals surface area (Å²) in [4.78, 5) is 38.3. The molecule has 30 heavy (non-hydrogen) atoms. The van der Waals surface area contributed by atoms with Crippen molar-refractivity contribution in [1.29, 1.82) is 0 Å². The number of aromatic nitrogens is 2. The molecule has 0 bridgehead atoms. The molecule has 168 valence electrons. The van der Waals surface area contributed by atoms with Gasteiger partial charge in [-0.25, -0.2) is 4.79 Å². The number of ether oxygens (including phenoxy) is 2. The van der Waals surface area contributed by atoms with E-state index in [4.69, 9.17) is 20.3 Å². The van der Waals surface area contributed by atoms with E-state index in [-0.39, 0.29) is 24.6 Å². The largest absolute Gasteiger partial charge is 0.463 e. The minimum Gasteiger partial charge on any atom is -0.463 e. The third kappa shape index (κ3) is 6.87. The predicted molar refractivity (Wildman–Crippen MR) is 104 cm³/mol. The molecule has 2 heterocycles. The normalized spacial score (nSPS) is 23.4. The van der Waals surface area contributed by atoms with Gasteiger partial charge in [0.25, 0.3) is 0 Å². The predicted octanol–water partition coefficient (Wildman–Crippen LogP) is -0.720. The van der Waals surface area contributed by atoms with Gasteiger partial charge in [-0.1, -0.05) is 19.3 Å². The third-order valence-electron chi connectivity index (χ3n) is 4.88. The first-order valence-corrected chi connectivity index (χ1v) is 9.98. The molecule has 1 saturated heterocycles. The summed E-state index contributed by atoms with van der Waals surface area (Å²) in [6, 6.07) is 1.36. The Morgan fingerprint density at radius 1 is 1.13 bits per heavy atom. The lowest BCUT2D eigenvalue weighted by molar-refractivity contribution is -0.150. The number of carbonyl (C=O) groups excluding carboxylic acids is 2. The van der Waals surface area contributed by atoms with E-state index in [1.165, 1.54) is 12.3 Å². The molecule has 1 aromatic rings. The summed E-state index contributed by atoms with van der Waals surface area (Å²) in [5.41, 5.74) is 4.70. The van der Waals surface area contributed by atoms with E-state index in [1.807, 2.05) is 0 Å². The zero-order valence-electron chi connectivity index (χ0n) is 16.7. The fraction of sp³-hybridized carbons (Fsp3) is 0.684. The molecule has 0 spiro atoms. The zero-order valence-corrected chi connectivity index (χ0v) is 16.7. The Morgan fingerprint density at radius 3 is 2.47 bits per heavy atom. The van der Waals surface area contributed by atoms with Crippen LogP contribution in [-0.2, 0) is 19.1 Å². The van der Waals surface area contributed by atoms with Crippen molar-refractivity contribution in [2.75, 3.05) is 18.9 Å². The van der Waals surface area contributed by atoms with Gasteiger partial charge in [0.15, 0.2) is 12.0 Å². The number of nitrogens with two attached hydrogens (primary N) is 1. The van der Waals surface area contributed by atoms with Gasteiger partial charge >= 0.3 is 11.7 Å². The molecule has 0 aromatic carbocycles. The lowest BCUT2D eigenvalue weighted by atomic mass is 10.1. The molecule has 1 fully saturated rings. The Kier molecular flexibility index (Phi) is 9.37. The maximum absolute atomic E-state index is 11.9. The first-order chi connectivity index (χ1) is 14.3. The van der Waals surface area contributed by atoms with Crippen molar-refractivity contribution < 1.29 is 34.4 Å². The number of anilines is 1. The highest BCUT2D eigenvalue weighted by Crippen LogP contribution is 2.28. The van der Waals surface area contributed by atoms with E-state index in [0.29, 0.717) is 12.8 Å². The summed E-state index contributed by atoms with van der Waals surface area (Å²) >= 11 is 0. The van der Waals surface area contributed by atoms with Crippen molar-refractivity contribution in [3.63, 3.8) is 0 Å². The number of unbranched alkanes of at least 4 members (excludes halogenated alkanes) is 4. The summed E-state index contributed by atoms with van der Waals surface area (Å²) in [5, 5.41) is 28.9. The number of hydrogen-bond acceptors (Lipinski definition) is 10. The number of esters is 1. The van der Waals surface area contributed by atoms with Crippen molar-refractivity contribution >= 4 is 17.6 Å². The number of ketones is 1. The van der Waals surface area contributed by atoms with Crippen molar-refractivity contribution in [1.82, 2.24) is 9.55 Å². The van der Waals surface area contributed by atoms with E-state index >= 15 is 0 Å². The molecule has 1 aliphatic heterocycles. The SMILES string of the molecule is Nc1ccn([C@@H]2O[C@H](COC(=O)CCCCCCCC(=O)CO)[C@@H](O)[C@@H]2O)c(=O)n1. The van der Waals surface area contributed by atoms with E-state index in [1.54, 1.807) is 0 Å². The van der Waals surface area contributed by atoms with Crippen molar-refractivity contribution in [2.24, 2.45) is 0 Å². The molecular formula is C19H29N3O8. The van der Waals surface area contributed by atoms with Gasteiger partial charge in [0.2, 0.25) is 0 Å². The highest BCUT2D eigenvalue weighted by molar-refractivity contribution is 5.79. The van der Waals surface area contributed by atoms with Gasteiger partial charge in [0.05, 0.1) is 0 Å². The molecule has 11 nitrogen and oxygen atoms in total. The van der Waals surface area contributed by atoms with Crippen LogP contribution >= 0.6 is 0 Å². The molecule has 5 N–H and O–H groups in total. The standard InChI is InChI=1S/C19H29N3O8/c20-14-8-9-22(19(28)21-14)18-17(27)16(26)13(30-18)11-29-15(25)7-5-3-1-2-4-6-12(24)10-23/h8-9,13,16-18,23,26-27H,1-7,10-11H2,(H2,20,21,28)/t13-,16-,17+,18-/m1/s1. The van der Waals surface area contributed by atoms with E-state index in [9.17, 15) is 24.6 Å². The zero-order chi connectivity index (χ0) is 22.1. The van der Waals surface area contributed by atoms with Gasteiger partial charge in [0.1, 0.15) is 37.3 Å². The Hall–Kier alpha value is -2.34. The molecule has 1 aliphatic rings. The van der Waals surface area contributed by atoms with Crippen LogP contribution in [0.5, 0.6) is 0 Å². The molecule has 4 atom stereocenters. The number of carbonyl (C=O) groups is 2. The van der Waals surface area contributed by atoms with Crippen LogP contribution < -0.4 is 11.4 Å². The summed E-state index contributed by atoms with van der Waals surface area (Å²) < 4.78 is 11.6. The molecular weight excluding hydrogens is 398 g/mol. The second-order valence-electron chi connectivity index (χ2n) is 7.24. The minimum absolute atomic E-state index is 0.0217. The smallest absolute Gasteiger partial charge is 0.351 e. The number of rotatable bonds is 12. The molecule has 1 aromatic heterocycles. The second kappa shape index (κ2) is 11.7. The fourth-order valence-electron chi connectivity index (χ4n) is 3.16. The summed E-state index contributed by atoms with van der Waals surface area (Å²) in [5.74, 6) is -0.598. The van der Waals surface area contributed by atoms with Crippen LogP contribution in [0.15, 0.2) is 17.1 Å². The minimum atomic E-state index is -1.39. The highest BCUT2D eigenvalue weighted by atomic mass is 16.6. The van der Waals surface area contributed by atoms with Crippen LogP contribution in [-0.4, -0.2) is 68.1 Å². The number of nitrogen functional groups attached to an aromatic ring is 1. The number of aliphatic hydroxyl groups is 3. The Balaban J connectivity index is 1.68. The van der Waals surface area contributed by atoms with Gasteiger partial charge in [-0.15, -0.1) is 0 Å².